The minimum absolute atomic E-state index is 0. The number of aromatic nitrogens is 3. The largest absolute Gasteiger partial charge is 0.364 e. The van der Waals surface area contributed by atoms with Gasteiger partial charge in [0.1, 0.15) is 18.6 Å². The van der Waals surface area contributed by atoms with Crippen molar-refractivity contribution in [3.8, 4) is 0 Å². The fourth-order valence-electron chi connectivity index (χ4n) is 4.18. The number of rotatable bonds is 11. The number of Topliss-reactive ketones (excluding diaryl/α,β-unsaturated/α-hetero) is 1. The Labute approximate surface area is 239 Å². The van der Waals surface area contributed by atoms with Gasteiger partial charge in [-0.25, -0.2) is 4.39 Å². The van der Waals surface area contributed by atoms with Gasteiger partial charge < -0.3 is 26.6 Å². The summed E-state index contributed by atoms with van der Waals surface area (Å²) in [6.45, 7) is 2.62. The van der Waals surface area contributed by atoms with E-state index in [0.717, 1.165) is 23.7 Å². The molecule has 0 radical (unpaired) electrons. The van der Waals surface area contributed by atoms with E-state index in [4.69, 9.17) is 17.3 Å². The molecule has 0 aliphatic rings. The first-order chi connectivity index (χ1) is 18.8. The molecule has 218 valence electrons. The number of H-pyrrole nitrogens is 1. The molecular weight excluding hydrogens is 535 g/mol. The van der Waals surface area contributed by atoms with Crippen LogP contribution in [0.5, 0.6) is 0 Å². The zero-order valence-corrected chi connectivity index (χ0v) is 23.2. The van der Waals surface area contributed by atoms with Crippen molar-refractivity contribution >= 4 is 51.4 Å². The van der Waals surface area contributed by atoms with Crippen LogP contribution in [-0.2, 0) is 22.7 Å². The molecule has 6 N–H and O–H groups in total. The molecule has 2 aromatic carbocycles. The number of benzene rings is 2. The van der Waals surface area contributed by atoms with Crippen LogP contribution in [0.3, 0.4) is 0 Å². The molecular formula is C29H40ClFN6O3. The first-order valence-electron chi connectivity index (χ1n) is 12.7. The Morgan fingerprint density at radius 2 is 1.93 bits per heavy atom. The van der Waals surface area contributed by atoms with E-state index in [2.05, 4.69) is 21.1 Å². The highest BCUT2D eigenvalue weighted by molar-refractivity contribution is 6.35. The van der Waals surface area contributed by atoms with Crippen LogP contribution in [0.15, 0.2) is 42.6 Å². The normalized spacial score (nSPS) is 11.1. The number of carbonyl (C=O) groups is 3. The highest BCUT2D eigenvalue weighted by atomic mass is 35.5. The smallest absolute Gasteiger partial charge is 0.269 e. The molecule has 0 fully saturated rings. The second-order valence-electron chi connectivity index (χ2n) is 8.77. The van der Waals surface area contributed by atoms with Gasteiger partial charge in [-0.15, -0.1) is 0 Å². The predicted molar refractivity (Wildman–Crippen MR) is 160 cm³/mol. The summed E-state index contributed by atoms with van der Waals surface area (Å²) in [6.07, 6.45) is 4.95. The average molecular weight is 575 g/mol. The molecule has 0 saturated carbocycles. The van der Waals surface area contributed by atoms with Crippen LogP contribution < -0.4 is 16.8 Å². The fourth-order valence-corrected chi connectivity index (χ4v) is 4.42. The van der Waals surface area contributed by atoms with Crippen LogP contribution in [0.2, 0.25) is 5.02 Å². The number of aldehydes is 1. The highest BCUT2D eigenvalue weighted by Crippen LogP contribution is 2.27. The minimum atomic E-state index is -0.607. The topological polar surface area (TPSA) is 149 Å². The second-order valence-corrected chi connectivity index (χ2v) is 9.18. The molecule has 0 spiro atoms. The SMILES string of the molecule is C.CCC(CC=O)CCC(=O)Cn1nc(C(N)=O)c2ccccc21.CN.CNCc1ccc2[nH]cc(Cl)c2c1F. The Bertz CT molecular complexity index is 1400. The molecule has 0 saturated heterocycles. The molecule has 0 bridgehead atoms. The highest BCUT2D eigenvalue weighted by Gasteiger charge is 2.17. The Balaban J connectivity index is 0.000000403. The lowest BCUT2D eigenvalue weighted by Gasteiger charge is -2.10. The summed E-state index contributed by atoms with van der Waals surface area (Å²) < 4.78 is 15.3. The van der Waals surface area contributed by atoms with Crippen molar-refractivity contribution in [2.24, 2.45) is 17.4 Å². The molecule has 1 unspecified atom stereocenters. The Hall–Kier alpha value is -3.60. The average Bonchev–Trinajstić information content (AvgIpc) is 3.51. The molecule has 11 heteroatoms. The monoisotopic (exact) mass is 574 g/mol. The summed E-state index contributed by atoms with van der Waals surface area (Å²) in [7, 11) is 3.28. The summed E-state index contributed by atoms with van der Waals surface area (Å²) in [5, 5.41) is 8.64. The van der Waals surface area contributed by atoms with Crippen molar-refractivity contribution in [1.82, 2.24) is 20.1 Å². The van der Waals surface area contributed by atoms with E-state index in [1.807, 2.05) is 25.1 Å². The van der Waals surface area contributed by atoms with Gasteiger partial charge in [-0.1, -0.05) is 56.6 Å². The molecule has 0 aliphatic carbocycles. The standard InChI is InChI=1S/C17H21N3O3.C10H10ClFN2.CH5N.CH4/c1-2-12(9-10-21)7-8-13(22)11-20-15-6-4-3-5-14(15)16(19-20)17(18)23;1-13-4-6-2-3-8-9(10(6)12)7(11)5-14-8;1-2;/h3-6,10,12H,2,7-9,11H2,1H3,(H2,18,23);2-3,5,13-14H,4H2,1H3;2H2,1H3;1H4. The van der Waals surface area contributed by atoms with Crippen molar-refractivity contribution in [3.63, 3.8) is 0 Å². The molecule has 40 heavy (non-hydrogen) atoms. The molecule has 2 aromatic heterocycles. The second kappa shape index (κ2) is 17.2. The number of primary amides is 1. The minimum Gasteiger partial charge on any atom is -0.364 e. The quantitative estimate of drug-likeness (QED) is 0.185. The van der Waals surface area contributed by atoms with Crippen molar-refractivity contribution < 1.29 is 18.8 Å². The number of fused-ring (bicyclic) bond motifs is 2. The maximum absolute atomic E-state index is 13.8. The predicted octanol–water partition coefficient (Wildman–Crippen LogP) is 4.99. The molecule has 1 amide bonds. The third-order valence-electron chi connectivity index (χ3n) is 6.24. The van der Waals surface area contributed by atoms with Crippen LogP contribution in [0, 0.1) is 11.7 Å². The maximum atomic E-state index is 13.8. The van der Waals surface area contributed by atoms with Crippen molar-refractivity contribution in [2.75, 3.05) is 14.1 Å². The van der Waals surface area contributed by atoms with Gasteiger partial charge in [-0.05, 0) is 38.6 Å². The van der Waals surface area contributed by atoms with E-state index in [1.165, 1.54) is 11.7 Å². The van der Waals surface area contributed by atoms with E-state index < -0.39 is 5.91 Å². The van der Waals surface area contributed by atoms with Crippen LogP contribution in [0.1, 0.15) is 56.1 Å². The van der Waals surface area contributed by atoms with Gasteiger partial charge in [0.15, 0.2) is 11.5 Å². The summed E-state index contributed by atoms with van der Waals surface area (Å²) in [6, 6.07) is 10.8. The van der Waals surface area contributed by atoms with Crippen LogP contribution in [0.25, 0.3) is 21.8 Å². The molecule has 9 nitrogen and oxygen atoms in total. The molecule has 0 aliphatic heterocycles. The van der Waals surface area contributed by atoms with Gasteiger partial charge in [0, 0.05) is 42.0 Å². The molecule has 4 rings (SSSR count). The number of ketones is 1. The van der Waals surface area contributed by atoms with E-state index in [9.17, 15) is 18.8 Å². The summed E-state index contributed by atoms with van der Waals surface area (Å²) >= 11 is 5.86. The first-order valence-corrected chi connectivity index (χ1v) is 13.0. The van der Waals surface area contributed by atoms with Gasteiger partial charge in [0.05, 0.1) is 15.9 Å². The zero-order chi connectivity index (χ0) is 28.9. The van der Waals surface area contributed by atoms with Crippen molar-refractivity contribution in [3.05, 3.63) is 64.7 Å². The number of hydrogen-bond acceptors (Lipinski definition) is 6. The number of nitrogens with two attached hydrogens (primary N) is 2. The van der Waals surface area contributed by atoms with E-state index in [-0.39, 0.29) is 37.2 Å². The maximum Gasteiger partial charge on any atom is 0.269 e. The number of nitrogens with zero attached hydrogens (tertiary/aromatic N) is 2. The van der Waals surface area contributed by atoms with Crippen molar-refractivity contribution in [1.29, 1.82) is 0 Å². The lowest BCUT2D eigenvalue weighted by Crippen LogP contribution is -2.16. The van der Waals surface area contributed by atoms with Crippen molar-refractivity contribution in [2.45, 2.75) is 53.1 Å². The lowest BCUT2D eigenvalue weighted by molar-refractivity contribution is -0.120. The number of carbonyl (C=O) groups excluding carboxylic acids is 3. The van der Waals surface area contributed by atoms with E-state index in [0.29, 0.717) is 47.2 Å². The Kier molecular flexibility index (Phi) is 14.8. The summed E-state index contributed by atoms with van der Waals surface area (Å²) in [5.74, 6) is -0.585. The molecule has 1 atom stereocenters. The molecule has 4 aromatic rings. The Morgan fingerprint density at radius 3 is 2.55 bits per heavy atom. The first kappa shape index (κ1) is 34.4. The van der Waals surface area contributed by atoms with Crippen LogP contribution >= 0.6 is 11.6 Å². The zero-order valence-electron chi connectivity index (χ0n) is 22.5. The number of hydrogen-bond donors (Lipinski definition) is 4. The van der Waals surface area contributed by atoms with Gasteiger partial charge in [-0.2, -0.15) is 5.10 Å². The lowest BCUT2D eigenvalue weighted by atomic mass is 9.96. The van der Waals surface area contributed by atoms with Gasteiger partial charge in [-0.3, -0.25) is 14.3 Å². The van der Waals surface area contributed by atoms with E-state index >= 15 is 0 Å². The van der Waals surface area contributed by atoms with E-state index in [1.54, 1.807) is 31.4 Å². The fraction of sp³-hybridized carbons (Fsp3) is 0.379. The summed E-state index contributed by atoms with van der Waals surface area (Å²) in [4.78, 5) is 37.1. The van der Waals surface area contributed by atoms with Gasteiger partial charge in [0.25, 0.3) is 5.91 Å². The molecule has 2 heterocycles. The van der Waals surface area contributed by atoms with Gasteiger partial charge >= 0.3 is 0 Å². The third-order valence-corrected chi connectivity index (χ3v) is 6.54. The number of halogens is 2. The van der Waals surface area contributed by atoms with Crippen LogP contribution in [0.4, 0.5) is 4.39 Å². The summed E-state index contributed by atoms with van der Waals surface area (Å²) in [5.41, 5.74) is 12.1. The number of amides is 1. The number of nitrogens with one attached hydrogen (secondary N) is 2. The van der Waals surface area contributed by atoms with Crippen LogP contribution in [-0.4, -0.2) is 46.8 Å². The van der Waals surface area contributed by atoms with Gasteiger partial charge in [0.2, 0.25) is 0 Å². The number of para-hydroxylation sites is 1. The third kappa shape index (κ3) is 8.70. The Morgan fingerprint density at radius 1 is 1.23 bits per heavy atom. The number of aromatic amines is 1.